The maximum atomic E-state index is 10.6. The summed E-state index contributed by atoms with van der Waals surface area (Å²) in [6.45, 7) is 2.02. The predicted molar refractivity (Wildman–Crippen MR) is 42.7 cm³/mol. The third-order valence-corrected chi connectivity index (χ3v) is 2.53. The van der Waals surface area contributed by atoms with Gasteiger partial charge in [0.2, 0.25) is 0 Å². The summed E-state index contributed by atoms with van der Waals surface area (Å²) in [4.78, 5) is 8.90. The van der Waals surface area contributed by atoms with Crippen LogP contribution in [-0.2, 0) is 4.79 Å². The van der Waals surface area contributed by atoms with Crippen molar-refractivity contribution in [1.82, 2.24) is 5.32 Å². The molecule has 84 valence electrons. The topological polar surface area (TPSA) is 73.1 Å². The lowest BCUT2D eigenvalue weighted by Gasteiger charge is -1.94. The highest BCUT2D eigenvalue weighted by Gasteiger charge is 2.57. The van der Waals surface area contributed by atoms with Crippen molar-refractivity contribution in [3.8, 4) is 6.07 Å². The Morgan fingerprint density at radius 2 is 2.13 bits per heavy atom. The van der Waals surface area contributed by atoms with Crippen LogP contribution in [0.4, 0.5) is 13.2 Å². The Labute approximate surface area is 83.7 Å². The van der Waals surface area contributed by atoms with Gasteiger partial charge in [0.1, 0.15) is 0 Å². The second-order valence-corrected chi connectivity index (χ2v) is 3.60. The molecule has 1 aliphatic carbocycles. The summed E-state index contributed by atoms with van der Waals surface area (Å²) in [5.74, 6) is -2.06. The van der Waals surface area contributed by atoms with Crippen LogP contribution in [0.1, 0.15) is 6.42 Å². The second-order valence-electron chi connectivity index (χ2n) is 3.60. The van der Waals surface area contributed by atoms with Crippen LogP contribution in [-0.4, -0.2) is 30.3 Å². The highest BCUT2D eigenvalue weighted by atomic mass is 19.4. The number of halogens is 3. The molecule has 2 atom stereocenters. The first-order chi connectivity index (χ1) is 6.82. The summed E-state index contributed by atoms with van der Waals surface area (Å²) in [6, 6.07) is 2.35. The number of piperidine rings is 1. The first kappa shape index (κ1) is 11.8. The molecule has 0 unspecified atom stereocenters. The van der Waals surface area contributed by atoms with E-state index in [9.17, 15) is 13.2 Å². The van der Waals surface area contributed by atoms with Gasteiger partial charge in [-0.3, -0.25) is 0 Å². The van der Waals surface area contributed by atoms with Crippen molar-refractivity contribution in [3.63, 3.8) is 0 Å². The molecule has 1 saturated heterocycles. The zero-order valence-electron chi connectivity index (χ0n) is 7.64. The molecule has 7 heteroatoms. The largest absolute Gasteiger partial charge is 0.490 e. The van der Waals surface area contributed by atoms with Gasteiger partial charge in [-0.05, 0) is 18.9 Å². The molecule has 0 radical (unpaired) electrons. The zero-order valence-corrected chi connectivity index (χ0v) is 7.64. The average molecular weight is 222 g/mol. The number of alkyl halides is 3. The number of fused-ring (bicyclic) bond motifs is 1. The number of carboxylic acids is 1. The summed E-state index contributed by atoms with van der Waals surface area (Å²) < 4.78 is 31.7. The summed E-state index contributed by atoms with van der Waals surface area (Å²) in [5.41, 5.74) is 0.0972. The maximum absolute atomic E-state index is 10.6. The third-order valence-electron chi connectivity index (χ3n) is 2.53. The Morgan fingerprint density at radius 3 is 2.27 bits per heavy atom. The molecular weight excluding hydrogens is 213 g/mol. The molecule has 1 aliphatic heterocycles. The van der Waals surface area contributed by atoms with Crippen LogP contribution in [0.2, 0.25) is 0 Å². The molecule has 0 aromatic carbocycles. The summed E-state index contributed by atoms with van der Waals surface area (Å²) >= 11 is 0. The Bertz CT molecular complexity index is 310. The maximum Gasteiger partial charge on any atom is 0.490 e. The van der Waals surface area contributed by atoms with Gasteiger partial charge in [0.25, 0.3) is 0 Å². The molecular formula is C8H9F3N2O2. The predicted octanol–water partition coefficient (Wildman–Crippen LogP) is 0.753. The minimum atomic E-state index is -5.08. The van der Waals surface area contributed by atoms with Gasteiger partial charge < -0.3 is 10.4 Å². The Hall–Kier alpha value is -1.29. The fraction of sp³-hybridized carbons (Fsp3) is 0.750. The molecule has 0 aromatic heterocycles. The van der Waals surface area contributed by atoms with Gasteiger partial charge in [-0.15, -0.1) is 0 Å². The molecule has 0 aromatic rings. The summed E-state index contributed by atoms with van der Waals surface area (Å²) in [6.07, 6.45) is -3.93. The van der Waals surface area contributed by atoms with Crippen LogP contribution in [0.5, 0.6) is 0 Å². The number of aliphatic carboxylic acids is 1. The van der Waals surface area contributed by atoms with Crippen molar-refractivity contribution in [3.05, 3.63) is 0 Å². The molecule has 0 amide bonds. The SMILES string of the molecule is N#C[C@@]12CNC[C@@H]1C2.O=C(O)C(F)(F)F. The van der Waals surface area contributed by atoms with Crippen molar-refractivity contribution in [1.29, 1.82) is 5.26 Å². The van der Waals surface area contributed by atoms with E-state index in [4.69, 9.17) is 15.2 Å². The number of nitriles is 1. The fourth-order valence-electron chi connectivity index (χ4n) is 1.51. The summed E-state index contributed by atoms with van der Waals surface area (Å²) in [7, 11) is 0. The van der Waals surface area contributed by atoms with E-state index in [1.165, 1.54) is 0 Å². The minimum absolute atomic E-state index is 0.0972. The number of carbonyl (C=O) groups is 1. The quantitative estimate of drug-likeness (QED) is 0.634. The fourth-order valence-corrected chi connectivity index (χ4v) is 1.51. The Kier molecular flexibility index (Phi) is 2.90. The lowest BCUT2D eigenvalue weighted by atomic mass is 10.1. The first-order valence-corrected chi connectivity index (χ1v) is 4.24. The van der Waals surface area contributed by atoms with Gasteiger partial charge >= 0.3 is 12.1 Å². The van der Waals surface area contributed by atoms with Crippen LogP contribution < -0.4 is 5.32 Å². The van der Waals surface area contributed by atoms with E-state index < -0.39 is 12.1 Å². The molecule has 2 fully saturated rings. The Balaban J connectivity index is 0.000000153. The highest BCUT2D eigenvalue weighted by molar-refractivity contribution is 5.73. The van der Waals surface area contributed by atoms with Crippen LogP contribution >= 0.6 is 0 Å². The van der Waals surface area contributed by atoms with E-state index in [0.717, 1.165) is 19.5 Å². The van der Waals surface area contributed by atoms with Crippen LogP contribution in [0.15, 0.2) is 0 Å². The van der Waals surface area contributed by atoms with Crippen molar-refractivity contribution < 1.29 is 23.1 Å². The van der Waals surface area contributed by atoms with Crippen molar-refractivity contribution in [2.45, 2.75) is 12.6 Å². The molecule has 2 rings (SSSR count). The highest BCUT2D eigenvalue weighted by Crippen LogP contribution is 2.54. The molecule has 2 N–H and O–H groups in total. The lowest BCUT2D eigenvalue weighted by Crippen LogP contribution is -2.21. The normalized spacial score (nSPS) is 32.0. The van der Waals surface area contributed by atoms with Crippen molar-refractivity contribution in [2.24, 2.45) is 11.3 Å². The van der Waals surface area contributed by atoms with Crippen molar-refractivity contribution in [2.75, 3.05) is 13.1 Å². The van der Waals surface area contributed by atoms with E-state index in [-0.39, 0.29) is 5.41 Å². The summed E-state index contributed by atoms with van der Waals surface area (Å²) in [5, 5.41) is 18.9. The number of hydrogen-bond donors (Lipinski definition) is 2. The van der Waals surface area contributed by atoms with E-state index in [2.05, 4.69) is 11.4 Å². The van der Waals surface area contributed by atoms with Crippen molar-refractivity contribution >= 4 is 5.97 Å². The minimum Gasteiger partial charge on any atom is -0.475 e. The molecule has 1 heterocycles. The van der Waals surface area contributed by atoms with Crippen LogP contribution in [0.25, 0.3) is 0 Å². The molecule has 15 heavy (non-hydrogen) atoms. The number of rotatable bonds is 0. The van der Waals surface area contributed by atoms with Gasteiger partial charge in [0.05, 0.1) is 11.5 Å². The van der Waals surface area contributed by atoms with Gasteiger partial charge in [-0.25, -0.2) is 4.79 Å². The molecule has 4 nitrogen and oxygen atoms in total. The smallest absolute Gasteiger partial charge is 0.475 e. The van der Waals surface area contributed by atoms with Crippen LogP contribution in [0, 0.1) is 22.7 Å². The molecule has 2 aliphatic rings. The van der Waals surface area contributed by atoms with Gasteiger partial charge in [-0.2, -0.15) is 18.4 Å². The molecule has 0 bridgehead atoms. The standard InChI is InChI=1S/C6H8N2.C2HF3O2/c7-3-6-1-5(6)2-8-4-6;3-2(4,5)1(6)7/h5,8H,1-2,4H2;(H,6,7)/t5-,6-;/m0./s1. The third kappa shape index (κ3) is 2.59. The number of carboxylic acid groups (broad SMARTS) is 1. The van der Waals surface area contributed by atoms with E-state index >= 15 is 0 Å². The average Bonchev–Trinajstić information content (AvgIpc) is 2.69. The van der Waals surface area contributed by atoms with Crippen LogP contribution in [0.3, 0.4) is 0 Å². The van der Waals surface area contributed by atoms with Gasteiger partial charge in [-0.1, -0.05) is 0 Å². The van der Waals surface area contributed by atoms with E-state index in [0.29, 0.717) is 5.92 Å². The first-order valence-electron chi connectivity index (χ1n) is 4.24. The number of nitrogens with one attached hydrogen (secondary N) is 1. The molecule has 0 spiro atoms. The van der Waals surface area contributed by atoms with Gasteiger partial charge in [0, 0.05) is 6.54 Å². The van der Waals surface area contributed by atoms with E-state index in [1.54, 1.807) is 0 Å². The zero-order chi connectivity index (χ0) is 11.7. The van der Waals surface area contributed by atoms with Gasteiger partial charge in [0.15, 0.2) is 0 Å². The second kappa shape index (κ2) is 3.70. The number of nitrogens with zero attached hydrogens (tertiary/aromatic N) is 1. The number of hydrogen-bond acceptors (Lipinski definition) is 3. The lowest BCUT2D eigenvalue weighted by molar-refractivity contribution is -0.192. The monoisotopic (exact) mass is 222 g/mol. The van der Waals surface area contributed by atoms with E-state index in [1.807, 2.05) is 0 Å². The molecule has 1 saturated carbocycles. The Morgan fingerprint density at radius 1 is 1.60 bits per heavy atom.